The van der Waals surface area contributed by atoms with Gasteiger partial charge in [-0.25, -0.2) is 14.8 Å². The quantitative estimate of drug-likeness (QED) is 0.0665. The monoisotopic (exact) mass is 758 g/mol. The summed E-state index contributed by atoms with van der Waals surface area (Å²) >= 11 is 4.10. The lowest BCUT2D eigenvalue weighted by molar-refractivity contribution is -0.132. The Hall–Kier alpha value is -4.96. The van der Waals surface area contributed by atoms with Crippen molar-refractivity contribution in [2.24, 2.45) is 0 Å². The number of nitrogens with zero attached hydrogens (tertiary/aromatic N) is 6. The first-order valence-electron chi connectivity index (χ1n) is 18.2. The van der Waals surface area contributed by atoms with E-state index in [0.717, 1.165) is 62.6 Å². The molecule has 12 heteroatoms. The molecule has 53 heavy (non-hydrogen) atoms. The molecule has 3 aromatic carbocycles. The van der Waals surface area contributed by atoms with E-state index in [-0.39, 0.29) is 5.70 Å². The van der Waals surface area contributed by atoms with Crippen molar-refractivity contribution < 1.29 is 14.6 Å². The van der Waals surface area contributed by atoms with Crippen molar-refractivity contribution >= 4 is 68.9 Å². The molecular formula is C41H38N6O3S3. The van der Waals surface area contributed by atoms with E-state index in [4.69, 9.17) is 16.3 Å². The van der Waals surface area contributed by atoms with E-state index in [2.05, 4.69) is 72.9 Å². The molecule has 6 aromatic rings. The standard InChI is InChI=1S/C41H38N6O3S3/c1-3-4-5-6-7-8-20-50-27-15-13-26(14-16-27)47-34-11-9-10-29(34)32-21-25(12-19-35(32)47)36-24-44-40(52-36)31-18-17-30(37-38(31)46-53-45-37)39-43-23-28(51-39)22-33(42-2)41(48)49/h12-19,21-24,29,34H,3-11,20H2,1H3,(H,48,49)/b33-22-. The average Bonchev–Trinajstić information content (AvgIpc) is 4.03. The number of rotatable bonds is 14. The van der Waals surface area contributed by atoms with Gasteiger partial charge in [-0.15, -0.1) is 22.7 Å². The largest absolute Gasteiger partial charge is 0.494 e. The summed E-state index contributed by atoms with van der Waals surface area (Å²) in [4.78, 5) is 28.0. The molecule has 8 rings (SSSR count). The number of carboxylic acids is 1. The summed E-state index contributed by atoms with van der Waals surface area (Å²) < 4.78 is 15.3. The molecule has 268 valence electrons. The third kappa shape index (κ3) is 7.09. The number of carbonyl (C=O) groups is 1. The van der Waals surface area contributed by atoms with Crippen LogP contribution in [0, 0.1) is 6.57 Å². The van der Waals surface area contributed by atoms with E-state index in [9.17, 15) is 9.90 Å². The molecule has 9 nitrogen and oxygen atoms in total. The SMILES string of the molecule is [C-]#[N+]/C(=C\c1cnc(-c2ccc(-c3ncc(-c4ccc5c(c4)C4CCCC4N5c4ccc(OCCCCCCCC)cc4)s3)c3nsnc23)s1)C(=O)O. The molecule has 1 aliphatic heterocycles. The summed E-state index contributed by atoms with van der Waals surface area (Å²) in [6, 6.07) is 20.0. The van der Waals surface area contributed by atoms with Gasteiger partial charge in [0.2, 0.25) is 0 Å². The zero-order valence-corrected chi connectivity index (χ0v) is 31.8. The van der Waals surface area contributed by atoms with Crippen molar-refractivity contribution in [1.29, 1.82) is 0 Å². The van der Waals surface area contributed by atoms with Gasteiger partial charge in [0.05, 0.1) is 29.8 Å². The molecule has 1 N–H and O–H groups in total. The summed E-state index contributed by atoms with van der Waals surface area (Å²) in [7, 11) is 0. The number of anilines is 2. The fraction of sp³-hybridized carbons (Fsp3) is 0.317. The molecule has 0 spiro atoms. The van der Waals surface area contributed by atoms with Crippen LogP contribution < -0.4 is 9.64 Å². The van der Waals surface area contributed by atoms with Crippen LogP contribution in [0.4, 0.5) is 11.4 Å². The van der Waals surface area contributed by atoms with Gasteiger partial charge in [0.25, 0.3) is 5.70 Å². The molecule has 4 heterocycles. The highest BCUT2D eigenvalue weighted by atomic mass is 32.1. The molecule has 2 atom stereocenters. The number of ether oxygens (including phenoxy) is 1. The molecule has 3 aromatic heterocycles. The predicted molar refractivity (Wildman–Crippen MR) is 215 cm³/mol. The van der Waals surface area contributed by atoms with Gasteiger partial charge >= 0.3 is 5.97 Å². The van der Waals surface area contributed by atoms with E-state index in [1.54, 1.807) is 17.5 Å². The van der Waals surface area contributed by atoms with Crippen LogP contribution in [0.25, 0.3) is 53.5 Å². The van der Waals surface area contributed by atoms with Gasteiger partial charge in [-0.1, -0.05) is 51.5 Å². The average molecular weight is 759 g/mol. The van der Waals surface area contributed by atoms with Gasteiger partial charge in [0, 0.05) is 51.7 Å². The zero-order chi connectivity index (χ0) is 36.3. The Morgan fingerprint density at radius 1 is 0.943 bits per heavy atom. The number of fused-ring (bicyclic) bond motifs is 4. The van der Waals surface area contributed by atoms with Crippen molar-refractivity contribution in [2.45, 2.75) is 76.7 Å². The number of aliphatic carboxylic acids is 1. The highest BCUT2D eigenvalue weighted by Gasteiger charge is 2.42. The number of hydrogen-bond donors (Lipinski definition) is 1. The molecule has 1 aliphatic carbocycles. The summed E-state index contributed by atoms with van der Waals surface area (Å²) in [6.07, 6.45) is 16.1. The first-order chi connectivity index (χ1) is 26.0. The first-order valence-corrected chi connectivity index (χ1v) is 20.5. The summed E-state index contributed by atoms with van der Waals surface area (Å²) in [5.74, 6) is 0.191. The lowest BCUT2D eigenvalue weighted by Crippen LogP contribution is -2.26. The molecule has 0 radical (unpaired) electrons. The Balaban J connectivity index is 1.01. The summed E-state index contributed by atoms with van der Waals surface area (Å²) in [6.45, 7) is 10.2. The van der Waals surface area contributed by atoms with Gasteiger partial charge in [0.15, 0.2) is 0 Å². The lowest BCUT2D eigenvalue weighted by Gasteiger charge is -2.27. The number of unbranched alkanes of at least 4 members (excludes halogenated alkanes) is 5. The maximum Gasteiger partial charge on any atom is 0.333 e. The van der Waals surface area contributed by atoms with Crippen molar-refractivity contribution in [3.05, 3.63) is 94.5 Å². The third-order valence-electron chi connectivity index (χ3n) is 10.2. The number of hydrogen-bond acceptors (Lipinski definition) is 10. The third-order valence-corrected chi connectivity index (χ3v) is 12.8. The number of carboxylic acid groups (broad SMARTS) is 1. The molecule has 0 saturated heterocycles. The van der Waals surface area contributed by atoms with Crippen LogP contribution in [0.2, 0.25) is 0 Å². The highest BCUT2D eigenvalue weighted by Crippen LogP contribution is 2.53. The number of benzene rings is 3. The zero-order valence-electron chi connectivity index (χ0n) is 29.3. The first kappa shape index (κ1) is 35.1. The normalized spacial score (nSPS) is 16.5. The van der Waals surface area contributed by atoms with Crippen LogP contribution in [0.15, 0.2) is 72.7 Å². The van der Waals surface area contributed by atoms with E-state index >= 15 is 0 Å². The Kier molecular flexibility index (Phi) is 10.3. The summed E-state index contributed by atoms with van der Waals surface area (Å²) in [5, 5.41) is 10.8. The second-order valence-electron chi connectivity index (χ2n) is 13.5. The number of aromatic nitrogens is 4. The van der Waals surface area contributed by atoms with E-state index in [1.807, 2.05) is 18.3 Å². The smallest absolute Gasteiger partial charge is 0.333 e. The highest BCUT2D eigenvalue weighted by molar-refractivity contribution is 7.18. The molecule has 2 unspecified atom stereocenters. The van der Waals surface area contributed by atoms with Crippen molar-refractivity contribution in [3.63, 3.8) is 0 Å². The molecular weight excluding hydrogens is 721 g/mol. The molecule has 1 saturated carbocycles. The lowest BCUT2D eigenvalue weighted by atomic mass is 9.96. The second kappa shape index (κ2) is 15.6. The summed E-state index contributed by atoms with van der Waals surface area (Å²) in [5.41, 5.74) is 7.96. The fourth-order valence-corrected chi connectivity index (χ4v) is 10.0. The molecule has 2 aliphatic rings. The van der Waals surface area contributed by atoms with Crippen molar-refractivity contribution in [3.8, 4) is 37.3 Å². The molecule has 0 bridgehead atoms. The minimum absolute atomic E-state index is 0.353. The maximum absolute atomic E-state index is 11.3. The Bertz CT molecular complexity index is 2340. The van der Waals surface area contributed by atoms with Crippen LogP contribution in [0.3, 0.4) is 0 Å². The van der Waals surface area contributed by atoms with Gasteiger partial charge in [-0.05, 0) is 85.0 Å². The van der Waals surface area contributed by atoms with Crippen LogP contribution in [-0.2, 0) is 4.79 Å². The minimum atomic E-state index is -1.26. The van der Waals surface area contributed by atoms with Crippen molar-refractivity contribution in [2.75, 3.05) is 11.5 Å². The van der Waals surface area contributed by atoms with Gasteiger partial charge in [-0.2, -0.15) is 8.75 Å². The van der Waals surface area contributed by atoms with Crippen LogP contribution in [0.1, 0.15) is 81.1 Å². The van der Waals surface area contributed by atoms with Crippen LogP contribution >= 0.6 is 34.4 Å². The Morgan fingerprint density at radius 2 is 1.68 bits per heavy atom. The predicted octanol–water partition coefficient (Wildman–Crippen LogP) is 11.5. The van der Waals surface area contributed by atoms with Gasteiger partial charge in [0.1, 0.15) is 26.8 Å². The van der Waals surface area contributed by atoms with E-state index < -0.39 is 5.97 Å². The molecule has 1 fully saturated rings. The van der Waals surface area contributed by atoms with Crippen LogP contribution in [0.5, 0.6) is 5.75 Å². The fourth-order valence-electron chi connectivity index (χ4n) is 7.62. The molecule has 0 amide bonds. The van der Waals surface area contributed by atoms with E-state index in [0.29, 0.717) is 21.8 Å². The van der Waals surface area contributed by atoms with Gasteiger partial charge in [-0.3, -0.25) is 4.79 Å². The minimum Gasteiger partial charge on any atom is -0.494 e. The van der Waals surface area contributed by atoms with E-state index in [1.165, 1.54) is 91.3 Å². The Labute approximate surface area is 320 Å². The number of thiazole rings is 2. The topological polar surface area (TPSA) is 106 Å². The van der Waals surface area contributed by atoms with Crippen molar-refractivity contribution in [1.82, 2.24) is 18.7 Å². The van der Waals surface area contributed by atoms with Gasteiger partial charge < -0.3 is 14.7 Å². The Morgan fingerprint density at radius 3 is 2.43 bits per heavy atom. The maximum atomic E-state index is 11.3. The van der Waals surface area contributed by atoms with Crippen LogP contribution in [-0.4, -0.2) is 42.4 Å². The second-order valence-corrected chi connectivity index (χ2v) is 16.1.